The molecule has 0 bridgehead atoms. The highest BCUT2D eigenvalue weighted by Gasteiger charge is 1.76. The Balaban J connectivity index is 3.37. The third kappa shape index (κ3) is 4.11. The van der Waals surface area contributed by atoms with Gasteiger partial charge in [0.1, 0.15) is 5.76 Å². The van der Waals surface area contributed by atoms with Gasteiger partial charge in [0.05, 0.1) is 9.47 Å². The summed E-state index contributed by atoms with van der Waals surface area (Å²) in [7, 11) is 4.43. The van der Waals surface area contributed by atoms with E-state index < -0.39 is 0 Å². The van der Waals surface area contributed by atoms with Crippen molar-refractivity contribution in [2.24, 2.45) is 0 Å². The average Bonchev–Trinajstić information content (AvgIpc) is 1.83. The van der Waals surface area contributed by atoms with Gasteiger partial charge >= 0.3 is 0 Å². The molecule has 0 aromatic rings. The molecule has 0 heterocycles. The minimum absolute atomic E-state index is 0.602. The number of hydrogen-bond donors (Lipinski definition) is 1. The van der Waals surface area contributed by atoms with Gasteiger partial charge in [0.2, 0.25) is 0 Å². The van der Waals surface area contributed by atoms with Gasteiger partial charge in [-0.25, -0.2) is 0 Å². The van der Waals surface area contributed by atoms with E-state index in [1.54, 1.807) is 12.3 Å². The minimum Gasteiger partial charge on any atom is -0.481 e. The zero-order valence-corrected chi connectivity index (χ0v) is 6.73. The molecular formula is C4H9NOP2. The molecule has 0 radical (unpaired) electrons. The van der Waals surface area contributed by atoms with Gasteiger partial charge in [-0.3, -0.25) is 0 Å². The molecule has 0 saturated heterocycles. The van der Waals surface area contributed by atoms with Crippen LogP contribution in [0.5, 0.6) is 0 Å². The first-order valence-electron chi connectivity index (χ1n) is 1.99. The summed E-state index contributed by atoms with van der Waals surface area (Å²) in [6, 6.07) is 0. The molecule has 0 aliphatic carbocycles. The van der Waals surface area contributed by atoms with Crippen LogP contribution in [-0.2, 0) is 4.52 Å². The van der Waals surface area contributed by atoms with Crippen molar-refractivity contribution in [3.8, 4) is 0 Å². The maximum absolute atomic E-state index is 4.64. The Kier molecular flexibility index (Phi) is 5.05. The summed E-state index contributed by atoms with van der Waals surface area (Å²) in [6.07, 6.45) is 3.41. The van der Waals surface area contributed by atoms with E-state index in [0.717, 1.165) is 0 Å². The number of allylic oxidation sites excluding steroid dienone is 1. The van der Waals surface area contributed by atoms with Gasteiger partial charge in [0, 0.05) is 6.20 Å². The van der Waals surface area contributed by atoms with Crippen LogP contribution in [0.25, 0.3) is 0 Å². The predicted octanol–water partition coefficient (Wildman–Crippen LogP) is 1.20. The third-order valence-electron chi connectivity index (χ3n) is 0.517. The van der Waals surface area contributed by atoms with E-state index in [1.165, 1.54) is 0 Å². The van der Waals surface area contributed by atoms with E-state index in [2.05, 4.69) is 35.0 Å². The summed E-state index contributed by atoms with van der Waals surface area (Å²) in [5.74, 6) is 0.602. The van der Waals surface area contributed by atoms with Crippen LogP contribution in [0.15, 0.2) is 24.6 Å². The van der Waals surface area contributed by atoms with Gasteiger partial charge in [-0.2, -0.15) is 0 Å². The molecule has 0 rings (SSSR count). The largest absolute Gasteiger partial charge is 0.481 e. The molecule has 2 unspecified atom stereocenters. The summed E-state index contributed by atoms with van der Waals surface area (Å²) in [6.45, 7) is 3.53. The molecule has 8 heavy (non-hydrogen) atoms. The van der Waals surface area contributed by atoms with Gasteiger partial charge in [0.15, 0.2) is 0 Å². The molecular weight excluding hydrogens is 140 g/mol. The normalized spacial score (nSPS) is 9.25. The fraction of sp³-hybridized carbons (Fsp3) is 0. The van der Waals surface area contributed by atoms with Gasteiger partial charge in [-0.1, -0.05) is 6.58 Å². The number of hydrogen-bond acceptors (Lipinski definition) is 2. The van der Waals surface area contributed by atoms with Crippen molar-refractivity contribution < 1.29 is 4.52 Å². The van der Waals surface area contributed by atoms with Crippen molar-refractivity contribution in [2.75, 3.05) is 0 Å². The van der Waals surface area contributed by atoms with E-state index in [9.17, 15) is 0 Å². The Morgan fingerprint density at radius 3 is 2.75 bits per heavy atom. The molecule has 0 aliphatic heterocycles. The van der Waals surface area contributed by atoms with Crippen LogP contribution in [0, 0.1) is 0 Å². The highest BCUT2D eigenvalue weighted by Crippen LogP contribution is 1.99. The highest BCUT2D eigenvalue weighted by molar-refractivity contribution is 7.13. The van der Waals surface area contributed by atoms with E-state index in [-0.39, 0.29) is 0 Å². The Morgan fingerprint density at radius 1 is 1.75 bits per heavy atom. The lowest BCUT2D eigenvalue weighted by Crippen LogP contribution is -1.80. The zero-order valence-electron chi connectivity index (χ0n) is 4.42. The molecule has 0 spiro atoms. The van der Waals surface area contributed by atoms with Gasteiger partial charge < -0.3 is 9.61 Å². The highest BCUT2D eigenvalue weighted by atomic mass is 31.0. The van der Waals surface area contributed by atoms with Gasteiger partial charge in [-0.05, 0) is 15.5 Å². The average molecular weight is 149 g/mol. The van der Waals surface area contributed by atoms with Crippen LogP contribution in [0.3, 0.4) is 0 Å². The van der Waals surface area contributed by atoms with Crippen molar-refractivity contribution >= 4 is 18.9 Å². The first-order chi connectivity index (χ1) is 3.81. The lowest BCUT2D eigenvalue weighted by Gasteiger charge is -1.93. The van der Waals surface area contributed by atoms with Crippen LogP contribution in [0.1, 0.15) is 0 Å². The summed E-state index contributed by atoms with van der Waals surface area (Å²) in [4.78, 5) is 0. The van der Waals surface area contributed by atoms with Crippen molar-refractivity contribution in [2.45, 2.75) is 0 Å². The van der Waals surface area contributed by atoms with Crippen molar-refractivity contribution in [3.63, 3.8) is 0 Å². The fourth-order valence-electron chi connectivity index (χ4n) is 0.180. The van der Waals surface area contributed by atoms with Crippen LogP contribution < -0.4 is 5.09 Å². The molecule has 2 nitrogen and oxygen atoms in total. The first kappa shape index (κ1) is 7.94. The van der Waals surface area contributed by atoms with Gasteiger partial charge in [-0.15, -0.1) is 0 Å². The molecule has 46 valence electrons. The predicted molar refractivity (Wildman–Crippen MR) is 41.9 cm³/mol. The summed E-state index contributed by atoms with van der Waals surface area (Å²) >= 11 is 0. The molecule has 0 fully saturated rings. The Labute approximate surface area is 53.9 Å². The molecule has 4 heteroatoms. The summed E-state index contributed by atoms with van der Waals surface area (Å²) < 4.78 is 4.64. The number of rotatable bonds is 3. The van der Waals surface area contributed by atoms with Gasteiger partial charge in [0.25, 0.3) is 0 Å². The van der Waals surface area contributed by atoms with Crippen LogP contribution in [0.4, 0.5) is 0 Å². The molecule has 0 aliphatic rings. The Hall–Kier alpha value is -0.0600. The second kappa shape index (κ2) is 5.08. The lowest BCUT2D eigenvalue weighted by molar-refractivity contribution is 0.523. The maximum atomic E-state index is 4.64. The molecule has 0 amide bonds. The maximum Gasteiger partial charge on any atom is 0.116 e. The second-order valence-electron chi connectivity index (χ2n) is 1.08. The Morgan fingerprint density at radius 2 is 2.38 bits per heavy atom. The smallest absolute Gasteiger partial charge is 0.116 e. The van der Waals surface area contributed by atoms with Crippen LogP contribution in [0.2, 0.25) is 0 Å². The van der Waals surface area contributed by atoms with Crippen molar-refractivity contribution in [1.29, 1.82) is 0 Å². The molecule has 0 aromatic carbocycles. The molecule has 0 saturated carbocycles. The zero-order chi connectivity index (χ0) is 6.41. The minimum atomic E-state index is 0.602. The topological polar surface area (TPSA) is 21.3 Å². The summed E-state index contributed by atoms with van der Waals surface area (Å²) in [5, 5.41) is 2.72. The molecule has 1 N–H and O–H groups in total. The third-order valence-corrected chi connectivity index (χ3v) is 1.01. The van der Waals surface area contributed by atoms with Crippen LogP contribution >= 0.6 is 18.9 Å². The van der Waals surface area contributed by atoms with Crippen molar-refractivity contribution in [1.82, 2.24) is 5.09 Å². The first-order valence-corrected chi connectivity index (χ1v) is 3.04. The molecule has 0 aromatic heterocycles. The van der Waals surface area contributed by atoms with Crippen molar-refractivity contribution in [3.05, 3.63) is 24.6 Å². The van der Waals surface area contributed by atoms with E-state index >= 15 is 0 Å². The standard InChI is InChI=1S/C4H9NOP2/c1-4(6-8)2-3-5-7/h2-3,5H,1,7-8H2/b3-2+. The molecule has 2 atom stereocenters. The van der Waals surface area contributed by atoms with E-state index in [1.807, 2.05) is 0 Å². The monoisotopic (exact) mass is 149 g/mol. The van der Waals surface area contributed by atoms with Crippen LogP contribution in [-0.4, -0.2) is 0 Å². The SMILES string of the molecule is C=C(/C=C/NP)OP. The Bertz CT molecular complexity index is 102. The second-order valence-corrected chi connectivity index (χ2v) is 1.65. The van der Waals surface area contributed by atoms with E-state index in [0.29, 0.717) is 5.76 Å². The number of nitrogens with one attached hydrogen (secondary N) is 1. The fourth-order valence-corrected chi connectivity index (χ4v) is 0.355. The lowest BCUT2D eigenvalue weighted by atomic mass is 10.5. The summed E-state index contributed by atoms with van der Waals surface area (Å²) in [5.41, 5.74) is 0. The van der Waals surface area contributed by atoms with E-state index in [4.69, 9.17) is 0 Å². The quantitative estimate of drug-likeness (QED) is 0.370.